The van der Waals surface area contributed by atoms with Crippen molar-refractivity contribution in [3.8, 4) is 5.69 Å². The zero-order valence-electron chi connectivity index (χ0n) is 38.9. The normalized spacial score (nSPS) is 13.4. The molecular weight excluding hydrogens is 761 g/mol. The van der Waals surface area contributed by atoms with Crippen molar-refractivity contribution in [2.45, 2.75) is 72.6 Å². The fraction of sp³-hybridized carbons (Fsp3) is 0.352. The summed E-state index contributed by atoms with van der Waals surface area (Å²) < 4.78 is 2.41. The zero-order chi connectivity index (χ0) is 43.9. The molecule has 0 fully saturated rings. The van der Waals surface area contributed by atoms with Crippen molar-refractivity contribution in [2.24, 2.45) is 4.99 Å². The minimum Gasteiger partial charge on any atom is -0.377 e. The minimum absolute atomic E-state index is 0.848. The Labute approximate surface area is 370 Å². The van der Waals surface area contributed by atoms with Crippen LogP contribution in [-0.2, 0) is 0 Å². The van der Waals surface area contributed by atoms with E-state index in [1.807, 2.05) is 6.07 Å². The number of aromatic nitrogens is 2. The van der Waals surface area contributed by atoms with Crippen molar-refractivity contribution >= 4 is 61.9 Å². The fourth-order valence-electron chi connectivity index (χ4n) is 9.08. The van der Waals surface area contributed by atoms with E-state index >= 15 is 0 Å². The van der Waals surface area contributed by atoms with Crippen LogP contribution < -0.4 is 24.6 Å². The highest BCUT2D eigenvalue weighted by molar-refractivity contribution is 6.01. The highest BCUT2D eigenvalue weighted by Gasteiger charge is 2.25. The third-order valence-corrected chi connectivity index (χ3v) is 12.4. The maximum absolute atomic E-state index is 5.20. The lowest BCUT2D eigenvalue weighted by Gasteiger charge is -2.25. The molecule has 0 aliphatic heterocycles. The van der Waals surface area contributed by atoms with Gasteiger partial charge < -0.3 is 24.9 Å². The molecule has 6 aromatic rings. The van der Waals surface area contributed by atoms with Crippen LogP contribution >= 0.6 is 0 Å². The molecule has 0 amide bonds. The molecule has 1 aliphatic rings. The van der Waals surface area contributed by atoms with E-state index in [0.29, 0.717) is 0 Å². The van der Waals surface area contributed by atoms with Crippen molar-refractivity contribution in [1.82, 2.24) is 9.88 Å². The first-order valence-corrected chi connectivity index (χ1v) is 22.4. The average Bonchev–Trinajstić information content (AvgIpc) is 3.25. The van der Waals surface area contributed by atoms with Gasteiger partial charge in [-0.05, 0) is 112 Å². The van der Waals surface area contributed by atoms with Crippen molar-refractivity contribution in [2.75, 3.05) is 75.4 Å². The number of rotatable bonds is 17. The van der Waals surface area contributed by atoms with E-state index in [2.05, 4.69) is 203 Å². The summed E-state index contributed by atoms with van der Waals surface area (Å²) in [6, 6.07) is 34.5. The summed E-state index contributed by atoms with van der Waals surface area (Å²) in [4.78, 5) is 19.6. The number of anilines is 5. The van der Waals surface area contributed by atoms with Gasteiger partial charge in [0.05, 0.1) is 11.4 Å². The number of aryl methyl sites for hydroxylation is 3. The van der Waals surface area contributed by atoms with Gasteiger partial charge in [0.2, 0.25) is 16.7 Å². The van der Waals surface area contributed by atoms with Crippen molar-refractivity contribution in [1.29, 1.82) is 0 Å². The number of nitrogens with zero attached hydrogens (tertiary/aromatic N) is 7. The van der Waals surface area contributed by atoms with E-state index in [4.69, 9.17) is 9.98 Å². The molecule has 0 unspecified atom stereocenters. The molecule has 8 nitrogen and oxygen atoms in total. The Balaban J connectivity index is 0.915. The molecule has 0 spiro atoms. The second-order valence-electron chi connectivity index (χ2n) is 17.7. The summed E-state index contributed by atoms with van der Waals surface area (Å²) in [5.41, 5.74) is 19.6. The smallest absolute Gasteiger partial charge is 0.242 e. The van der Waals surface area contributed by atoms with Crippen LogP contribution in [0.15, 0.2) is 125 Å². The second kappa shape index (κ2) is 19.7. The number of benzene rings is 5. The number of aliphatic imine (C=N–C) groups is 1. The molecular formula is C54H67N8+. The lowest BCUT2D eigenvalue weighted by atomic mass is 10.0. The van der Waals surface area contributed by atoms with Gasteiger partial charge in [-0.15, -0.1) is 4.57 Å². The lowest BCUT2D eigenvalue weighted by molar-refractivity contribution is -0.538. The summed E-state index contributed by atoms with van der Waals surface area (Å²) >= 11 is 0. The van der Waals surface area contributed by atoms with Gasteiger partial charge in [-0.1, -0.05) is 62.1 Å². The molecule has 0 atom stereocenters. The van der Waals surface area contributed by atoms with E-state index in [-0.39, 0.29) is 0 Å². The van der Waals surface area contributed by atoms with Crippen LogP contribution in [-0.4, -0.2) is 71.0 Å². The maximum atomic E-state index is 5.20. The summed E-state index contributed by atoms with van der Waals surface area (Å²) in [6.07, 6.45) is 12.7. The van der Waals surface area contributed by atoms with E-state index in [0.717, 1.165) is 64.5 Å². The summed E-state index contributed by atoms with van der Waals surface area (Å²) in [5.74, 6) is 0. The highest BCUT2D eigenvalue weighted by atomic mass is 15.1. The monoisotopic (exact) mass is 828 g/mol. The van der Waals surface area contributed by atoms with E-state index in [1.165, 1.54) is 89.1 Å². The number of allylic oxidation sites excluding steroid dienone is 3. The zero-order valence-corrected chi connectivity index (χ0v) is 38.9. The largest absolute Gasteiger partial charge is 0.377 e. The van der Waals surface area contributed by atoms with Gasteiger partial charge in [0.15, 0.2) is 0 Å². The number of nitrogens with one attached hydrogen (secondary N) is 1. The van der Waals surface area contributed by atoms with Crippen LogP contribution in [0.25, 0.3) is 27.8 Å². The molecule has 62 heavy (non-hydrogen) atoms. The van der Waals surface area contributed by atoms with Gasteiger partial charge in [-0.2, -0.15) is 0 Å². The molecule has 1 aliphatic carbocycles. The maximum Gasteiger partial charge on any atom is 0.242 e. The third kappa shape index (κ3) is 9.97. The number of para-hydroxylation sites is 2. The summed E-state index contributed by atoms with van der Waals surface area (Å²) in [6.45, 7) is 10.9. The molecule has 0 saturated carbocycles. The fourth-order valence-corrected chi connectivity index (χ4v) is 9.08. The van der Waals surface area contributed by atoms with Gasteiger partial charge in [-0.25, -0.2) is 4.98 Å². The molecule has 8 heteroatoms. The molecule has 5 aromatic carbocycles. The Morgan fingerprint density at radius 2 is 1.23 bits per heavy atom. The molecule has 7 rings (SSSR count). The number of fused-ring (bicyclic) bond motifs is 2. The molecule has 1 N–H and O–H groups in total. The Kier molecular flexibility index (Phi) is 14.0. The Bertz CT molecular complexity index is 2610. The molecule has 1 aromatic heterocycles. The Morgan fingerprint density at radius 1 is 0.613 bits per heavy atom. The lowest BCUT2D eigenvalue weighted by Crippen LogP contribution is -2.34. The van der Waals surface area contributed by atoms with E-state index in [1.54, 1.807) is 0 Å². The molecule has 0 saturated heterocycles. The number of hydrogen-bond donors (Lipinski definition) is 1. The van der Waals surface area contributed by atoms with E-state index < -0.39 is 0 Å². The minimum atomic E-state index is 0.848. The van der Waals surface area contributed by atoms with Crippen LogP contribution in [0.4, 0.5) is 34.1 Å². The van der Waals surface area contributed by atoms with Gasteiger partial charge in [0, 0.05) is 120 Å². The molecule has 0 bridgehead atoms. The van der Waals surface area contributed by atoms with E-state index in [9.17, 15) is 0 Å². The number of hydrogen-bond acceptors (Lipinski definition) is 7. The Hall–Kier alpha value is -6.15. The van der Waals surface area contributed by atoms with Crippen molar-refractivity contribution < 1.29 is 4.57 Å². The highest BCUT2D eigenvalue weighted by Crippen LogP contribution is 2.36. The number of unbranched alkanes of at least 4 members (excludes halogenated alkanes) is 5. The first kappa shape index (κ1) is 43.9. The molecule has 322 valence electrons. The molecule has 0 radical (unpaired) electrons. The topological polar surface area (TPSA) is 54.1 Å². The predicted octanol–water partition coefficient (Wildman–Crippen LogP) is 12.2. The summed E-state index contributed by atoms with van der Waals surface area (Å²) in [5, 5.41) is 3.62. The van der Waals surface area contributed by atoms with Crippen LogP contribution in [0.3, 0.4) is 0 Å². The SMILES string of the molecule is CC1=C(N(C)CCCCCCCCN(C)c2ccc3nc4cc(C)c(N(C)C)cc4[n+](-c4ccccc4)c3c2C)C=CC(=Nc2cc(C)c(N(C)C)cc2Nc2ccccc2)C1. The van der Waals surface area contributed by atoms with Crippen LogP contribution in [0.1, 0.15) is 68.6 Å². The number of likely N-dealkylation sites (N-methyl/N-ethyl adjacent to an activating group) is 1. The van der Waals surface area contributed by atoms with Gasteiger partial charge >= 0.3 is 0 Å². The van der Waals surface area contributed by atoms with Gasteiger partial charge in [0.1, 0.15) is 11.0 Å². The molecule has 1 heterocycles. The predicted molar refractivity (Wildman–Crippen MR) is 267 cm³/mol. The third-order valence-electron chi connectivity index (χ3n) is 12.4. The quantitative estimate of drug-likeness (QED) is 0.0561. The van der Waals surface area contributed by atoms with Gasteiger partial charge in [-0.3, -0.25) is 4.99 Å². The Morgan fingerprint density at radius 3 is 1.89 bits per heavy atom. The van der Waals surface area contributed by atoms with Crippen molar-refractivity contribution in [3.05, 3.63) is 137 Å². The first-order valence-electron chi connectivity index (χ1n) is 22.4. The van der Waals surface area contributed by atoms with Crippen LogP contribution in [0.2, 0.25) is 0 Å². The van der Waals surface area contributed by atoms with Gasteiger partial charge in [0.25, 0.3) is 0 Å². The first-order chi connectivity index (χ1) is 29.9. The summed E-state index contributed by atoms with van der Waals surface area (Å²) in [7, 11) is 12.9. The van der Waals surface area contributed by atoms with Crippen molar-refractivity contribution in [3.63, 3.8) is 0 Å². The standard InChI is InChI=1S/C54H67N8/c1-38-33-43(56-46-34-39(2)51(58(5)6)36-47(46)55-42-23-17-15-18-24-42)27-29-49(38)60(9)31-21-13-11-12-14-22-32-61(10)50-30-28-45-54(41(50)4)62(44-25-19-16-20-26-44)53-37-52(59(7)8)40(3)35-48(53)57-45/h15-20,23-30,34-37,55H,11-14,21-22,31-33H2,1-10H3/q+1. The van der Waals surface area contributed by atoms with Crippen LogP contribution in [0, 0.1) is 20.8 Å². The average molecular weight is 828 g/mol. The second-order valence-corrected chi connectivity index (χ2v) is 17.7. The van der Waals surface area contributed by atoms with Crippen LogP contribution in [0.5, 0.6) is 0 Å².